The summed E-state index contributed by atoms with van der Waals surface area (Å²) in [7, 11) is 0. The summed E-state index contributed by atoms with van der Waals surface area (Å²) in [4.78, 5) is 41.8. The van der Waals surface area contributed by atoms with Crippen LogP contribution in [0.5, 0.6) is 5.75 Å². The molecule has 0 aliphatic carbocycles. The Labute approximate surface area is 190 Å². The van der Waals surface area contributed by atoms with Gasteiger partial charge in [0.25, 0.3) is 5.91 Å². The van der Waals surface area contributed by atoms with Gasteiger partial charge in [0.15, 0.2) is 5.69 Å². The maximum absolute atomic E-state index is 12.4. The number of nitrogens with zero attached hydrogens (tertiary/aromatic N) is 1. The van der Waals surface area contributed by atoms with Gasteiger partial charge in [-0.25, -0.2) is 9.78 Å². The number of ether oxygens (including phenoxy) is 1. The monoisotopic (exact) mass is 451 g/mol. The number of carbonyl (C=O) groups is 3. The van der Waals surface area contributed by atoms with Crippen LogP contribution in [0.25, 0.3) is 0 Å². The molecule has 3 aromatic rings. The number of primary amides is 1. The summed E-state index contributed by atoms with van der Waals surface area (Å²) in [6.07, 6.45) is -0.0839. The van der Waals surface area contributed by atoms with E-state index in [2.05, 4.69) is 34.4 Å². The van der Waals surface area contributed by atoms with Crippen LogP contribution >= 0.6 is 0 Å². The molecule has 1 heterocycles. The van der Waals surface area contributed by atoms with Gasteiger partial charge in [-0.2, -0.15) is 0 Å². The molecule has 6 N–H and O–H groups in total. The zero-order valence-corrected chi connectivity index (χ0v) is 18.2. The van der Waals surface area contributed by atoms with E-state index in [0.717, 1.165) is 5.56 Å². The van der Waals surface area contributed by atoms with E-state index >= 15 is 0 Å². The fourth-order valence-electron chi connectivity index (χ4n) is 3.02. The number of H-pyrrole nitrogens is 1. The highest BCUT2D eigenvalue weighted by atomic mass is 16.5. The number of nitrogens with two attached hydrogens (primary N) is 1. The number of amides is 3. The summed E-state index contributed by atoms with van der Waals surface area (Å²) in [5, 5.41) is 14.0. The molecule has 2 aromatic carbocycles. The Morgan fingerprint density at radius 2 is 1.73 bits per heavy atom. The molecule has 0 bridgehead atoms. The number of carboxylic acids is 1. The average Bonchev–Trinajstić information content (AvgIpc) is 3.16. The van der Waals surface area contributed by atoms with E-state index in [0.29, 0.717) is 22.9 Å². The van der Waals surface area contributed by atoms with Crippen LogP contribution in [0, 0.1) is 0 Å². The summed E-state index contributed by atoms with van der Waals surface area (Å²) < 4.78 is 5.61. The van der Waals surface area contributed by atoms with Crippen molar-refractivity contribution in [1.82, 2.24) is 9.97 Å². The summed E-state index contributed by atoms with van der Waals surface area (Å²) in [6, 6.07) is 13.4. The fraction of sp³-hybridized carbons (Fsp3) is 0.217. The van der Waals surface area contributed by atoms with Crippen molar-refractivity contribution < 1.29 is 24.2 Å². The second-order valence-electron chi connectivity index (χ2n) is 7.63. The van der Waals surface area contributed by atoms with Gasteiger partial charge in [-0.3, -0.25) is 14.9 Å². The maximum atomic E-state index is 12.4. The number of rotatable bonds is 9. The summed E-state index contributed by atoms with van der Waals surface area (Å²) in [5.41, 5.74) is 7.63. The fourth-order valence-corrected chi connectivity index (χ4v) is 3.02. The molecule has 1 aromatic heterocycles. The third kappa shape index (κ3) is 6.57. The second-order valence-corrected chi connectivity index (χ2v) is 7.63. The second kappa shape index (κ2) is 10.3. The molecule has 0 unspecified atom stereocenters. The molecule has 33 heavy (non-hydrogen) atoms. The van der Waals surface area contributed by atoms with E-state index in [9.17, 15) is 14.4 Å². The number of imidazole rings is 1. The number of benzene rings is 2. The minimum absolute atomic E-state index is 0.0292. The number of aliphatic carboxylic acids is 1. The lowest BCUT2D eigenvalue weighted by molar-refractivity contribution is -0.136. The van der Waals surface area contributed by atoms with Crippen molar-refractivity contribution in [2.45, 2.75) is 32.8 Å². The number of aromatic nitrogens is 2. The van der Waals surface area contributed by atoms with Gasteiger partial charge in [0.1, 0.15) is 24.0 Å². The number of nitrogens with one attached hydrogen (secondary N) is 3. The predicted molar refractivity (Wildman–Crippen MR) is 122 cm³/mol. The van der Waals surface area contributed by atoms with Crippen LogP contribution < -0.4 is 21.1 Å². The molecule has 0 atom stereocenters. The molecule has 0 saturated heterocycles. The zero-order valence-electron chi connectivity index (χ0n) is 18.2. The van der Waals surface area contributed by atoms with Gasteiger partial charge in [-0.05, 0) is 41.3 Å². The van der Waals surface area contributed by atoms with Crippen LogP contribution in [-0.4, -0.2) is 33.0 Å². The Bertz CT molecular complexity index is 1140. The molecular formula is C23H25N5O5. The van der Waals surface area contributed by atoms with Crippen molar-refractivity contribution >= 4 is 29.4 Å². The van der Waals surface area contributed by atoms with Gasteiger partial charge in [0, 0.05) is 5.69 Å². The van der Waals surface area contributed by atoms with Gasteiger partial charge in [0.2, 0.25) is 0 Å². The number of urea groups is 1. The van der Waals surface area contributed by atoms with E-state index in [1.165, 1.54) is 0 Å². The quantitative estimate of drug-likeness (QED) is 0.335. The molecule has 0 aliphatic rings. The molecule has 3 amide bonds. The van der Waals surface area contributed by atoms with Gasteiger partial charge in [0.05, 0.1) is 6.42 Å². The molecule has 0 spiro atoms. The van der Waals surface area contributed by atoms with Crippen molar-refractivity contribution in [3.05, 3.63) is 71.2 Å². The number of hydrogen-bond donors (Lipinski definition) is 5. The first kappa shape index (κ1) is 23.3. The normalized spacial score (nSPS) is 10.6. The van der Waals surface area contributed by atoms with Crippen LogP contribution in [0.3, 0.4) is 0 Å². The lowest BCUT2D eigenvalue weighted by atomic mass is 10.0. The zero-order chi connectivity index (χ0) is 24.0. The van der Waals surface area contributed by atoms with Crippen molar-refractivity contribution in [3.63, 3.8) is 0 Å². The van der Waals surface area contributed by atoms with Crippen molar-refractivity contribution in [1.29, 1.82) is 0 Å². The van der Waals surface area contributed by atoms with Crippen LogP contribution in [0.1, 0.15) is 47.2 Å². The Balaban J connectivity index is 1.63. The first-order valence-electron chi connectivity index (χ1n) is 10.2. The van der Waals surface area contributed by atoms with Crippen LogP contribution in [0.15, 0.2) is 48.5 Å². The Kier molecular flexibility index (Phi) is 7.29. The first-order chi connectivity index (χ1) is 15.7. The number of carboxylic acid groups (broad SMARTS) is 1. The average molecular weight is 451 g/mol. The highest BCUT2D eigenvalue weighted by molar-refractivity contribution is 6.04. The number of anilines is 2. The van der Waals surface area contributed by atoms with E-state index in [-0.39, 0.29) is 30.4 Å². The molecule has 0 fully saturated rings. The molecule has 3 rings (SSSR count). The number of carbonyl (C=O) groups excluding carboxylic acids is 2. The summed E-state index contributed by atoms with van der Waals surface area (Å²) in [6.45, 7) is 4.13. The van der Waals surface area contributed by atoms with Crippen molar-refractivity contribution in [2.24, 2.45) is 5.73 Å². The lowest BCUT2D eigenvalue weighted by Crippen LogP contribution is -2.22. The van der Waals surface area contributed by atoms with Gasteiger partial charge < -0.3 is 25.9 Å². The maximum Gasteiger partial charge on any atom is 0.324 e. The van der Waals surface area contributed by atoms with Crippen LogP contribution in [0.2, 0.25) is 0 Å². The smallest absolute Gasteiger partial charge is 0.324 e. The van der Waals surface area contributed by atoms with Gasteiger partial charge in [-0.15, -0.1) is 0 Å². The SMILES string of the molecule is CC(C)c1ccc(NC(=O)Nc2[nH]c(COc3ccc(CC(=O)O)cc3)nc2C(N)=O)cc1. The highest BCUT2D eigenvalue weighted by Crippen LogP contribution is 2.19. The van der Waals surface area contributed by atoms with Gasteiger partial charge in [-0.1, -0.05) is 38.1 Å². The first-order valence-corrected chi connectivity index (χ1v) is 10.2. The summed E-state index contributed by atoms with van der Waals surface area (Å²) in [5.74, 6) is -0.552. The largest absolute Gasteiger partial charge is 0.486 e. The van der Waals surface area contributed by atoms with Crippen LogP contribution in [-0.2, 0) is 17.8 Å². The van der Waals surface area contributed by atoms with E-state index < -0.39 is 17.9 Å². The number of hydrogen-bond acceptors (Lipinski definition) is 5. The number of aromatic amines is 1. The molecule has 10 nitrogen and oxygen atoms in total. The van der Waals surface area contributed by atoms with E-state index in [4.69, 9.17) is 15.6 Å². The third-order valence-corrected chi connectivity index (χ3v) is 4.71. The molecule has 0 aliphatic heterocycles. The van der Waals surface area contributed by atoms with Gasteiger partial charge >= 0.3 is 12.0 Å². The Morgan fingerprint density at radius 1 is 1.06 bits per heavy atom. The topological polar surface area (TPSA) is 159 Å². The Hall–Kier alpha value is -4.34. The van der Waals surface area contributed by atoms with E-state index in [1.807, 2.05) is 12.1 Å². The predicted octanol–water partition coefficient (Wildman–Crippen LogP) is 3.48. The minimum atomic E-state index is -0.921. The van der Waals surface area contributed by atoms with Crippen molar-refractivity contribution in [3.8, 4) is 5.75 Å². The molecular weight excluding hydrogens is 426 g/mol. The molecule has 0 saturated carbocycles. The molecule has 0 radical (unpaired) electrons. The lowest BCUT2D eigenvalue weighted by Gasteiger charge is -2.09. The standard InChI is InChI=1S/C23H25N5O5/c1-13(2)15-5-7-16(8-6-15)25-23(32)28-22-20(21(24)31)26-18(27-22)12-33-17-9-3-14(4-10-17)11-19(29)30/h3-10,13H,11-12H2,1-2H3,(H2,24,31)(H,26,27)(H,29,30)(H2,25,28,32). The minimum Gasteiger partial charge on any atom is -0.486 e. The molecule has 172 valence electrons. The van der Waals surface area contributed by atoms with Crippen LogP contribution in [0.4, 0.5) is 16.3 Å². The van der Waals surface area contributed by atoms with Crippen molar-refractivity contribution in [2.75, 3.05) is 10.6 Å². The van der Waals surface area contributed by atoms with E-state index in [1.54, 1.807) is 36.4 Å². The third-order valence-electron chi connectivity index (χ3n) is 4.71. The molecule has 10 heteroatoms. The Morgan fingerprint density at radius 3 is 2.30 bits per heavy atom. The summed E-state index contributed by atoms with van der Waals surface area (Å²) >= 11 is 0. The highest BCUT2D eigenvalue weighted by Gasteiger charge is 2.18.